The summed E-state index contributed by atoms with van der Waals surface area (Å²) in [7, 11) is 1.68. The molecule has 1 amide bonds. The molecule has 1 saturated heterocycles. The molecule has 5 nitrogen and oxygen atoms in total. The molecule has 3 N–H and O–H groups in total. The fourth-order valence-electron chi connectivity index (χ4n) is 2.68. The molecule has 110 valence electrons. The van der Waals surface area contributed by atoms with Crippen LogP contribution in [0.1, 0.15) is 24.5 Å². The van der Waals surface area contributed by atoms with E-state index in [1.54, 1.807) is 24.1 Å². The zero-order valence-corrected chi connectivity index (χ0v) is 11.7. The van der Waals surface area contributed by atoms with E-state index in [4.69, 9.17) is 10.5 Å². The van der Waals surface area contributed by atoms with Crippen LogP contribution in [-0.4, -0.2) is 48.3 Å². The summed E-state index contributed by atoms with van der Waals surface area (Å²) >= 11 is 0. The Hall–Kier alpha value is -1.43. The number of amides is 1. The Morgan fingerprint density at radius 3 is 2.80 bits per heavy atom. The lowest BCUT2D eigenvalue weighted by Gasteiger charge is -2.39. The summed E-state index contributed by atoms with van der Waals surface area (Å²) in [6.07, 6.45) is 0.520. The van der Waals surface area contributed by atoms with Gasteiger partial charge in [0.25, 0.3) is 5.91 Å². The lowest BCUT2D eigenvalue weighted by Crippen LogP contribution is -2.52. The number of rotatable bonds is 4. The number of piperidine rings is 1. The van der Waals surface area contributed by atoms with Gasteiger partial charge in [0.2, 0.25) is 0 Å². The highest BCUT2D eigenvalue weighted by atomic mass is 16.5. The highest BCUT2D eigenvalue weighted by Crippen LogP contribution is 2.23. The van der Waals surface area contributed by atoms with Crippen molar-refractivity contribution in [1.29, 1.82) is 0 Å². The SMILES string of the molecule is COC1CCN(C(=O)C(O)c2ccccc2)C(CN)C1. The van der Waals surface area contributed by atoms with Crippen molar-refractivity contribution in [3.63, 3.8) is 0 Å². The number of benzene rings is 1. The Morgan fingerprint density at radius 1 is 1.50 bits per heavy atom. The Bertz CT molecular complexity index is 438. The standard InChI is InChI=1S/C15H22N2O3/c1-20-13-7-8-17(12(9-13)10-16)15(19)14(18)11-5-3-2-4-6-11/h2-6,12-14,18H,7-10,16H2,1H3. The van der Waals surface area contributed by atoms with E-state index in [1.807, 2.05) is 18.2 Å². The maximum Gasteiger partial charge on any atom is 0.256 e. The first kappa shape index (κ1) is 15.0. The highest BCUT2D eigenvalue weighted by Gasteiger charge is 2.34. The average molecular weight is 278 g/mol. The third-order valence-electron chi connectivity index (χ3n) is 3.91. The molecule has 5 heteroatoms. The van der Waals surface area contributed by atoms with Gasteiger partial charge in [-0.05, 0) is 18.4 Å². The van der Waals surface area contributed by atoms with Gasteiger partial charge in [0.1, 0.15) is 0 Å². The second-order valence-corrected chi connectivity index (χ2v) is 5.12. The molecule has 20 heavy (non-hydrogen) atoms. The van der Waals surface area contributed by atoms with E-state index in [0.717, 1.165) is 12.8 Å². The summed E-state index contributed by atoms with van der Waals surface area (Å²) < 4.78 is 5.34. The van der Waals surface area contributed by atoms with Crippen LogP contribution in [0.4, 0.5) is 0 Å². The van der Waals surface area contributed by atoms with E-state index < -0.39 is 6.10 Å². The van der Waals surface area contributed by atoms with Gasteiger partial charge in [-0.25, -0.2) is 0 Å². The number of ether oxygens (including phenoxy) is 1. The van der Waals surface area contributed by atoms with Crippen LogP contribution in [0.15, 0.2) is 30.3 Å². The summed E-state index contributed by atoms with van der Waals surface area (Å²) in [4.78, 5) is 14.1. The number of aliphatic hydroxyl groups excluding tert-OH is 1. The summed E-state index contributed by atoms with van der Waals surface area (Å²) in [5.74, 6) is -0.277. The molecule has 0 bridgehead atoms. The van der Waals surface area contributed by atoms with Gasteiger partial charge in [-0.3, -0.25) is 4.79 Å². The van der Waals surface area contributed by atoms with Gasteiger partial charge in [-0.2, -0.15) is 0 Å². The number of carbonyl (C=O) groups excluding carboxylic acids is 1. The Morgan fingerprint density at radius 2 is 2.20 bits per heavy atom. The summed E-state index contributed by atoms with van der Waals surface area (Å²) in [5.41, 5.74) is 6.37. The number of hydrogen-bond donors (Lipinski definition) is 2. The average Bonchev–Trinajstić information content (AvgIpc) is 2.53. The first-order chi connectivity index (χ1) is 9.67. The van der Waals surface area contributed by atoms with E-state index in [0.29, 0.717) is 18.7 Å². The van der Waals surface area contributed by atoms with Crippen molar-refractivity contribution in [3.8, 4) is 0 Å². The summed E-state index contributed by atoms with van der Waals surface area (Å²) in [5, 5.41) is 10.2. The third kappa shape index (κ3) is 3.17. The summed E-state index contributed by atoms with van der Waals surface area (Å²) in [6.45, 7) is 0.955. The number of likely N-dealkylation sites (tertiary alicyclic amines) is 1. The van der Waals surface area contributed by atoms with Crippen molar-refractivity contribution in [2.24, 2.45) is 5.73 Å². The van der Waals surface area contributed by atoms with Crippen LogP contribution < -0.4 is 5.73 Å². The van der Waals surface area contributed by atoms with Crippen molar-refractivity contribution in [2.45, 2.75) is 31.1 Å². The zero-order valence-electron chi connectivity index (χ0n) is 11.7. The Labute approximate surface area is 119 Å². The predicted octanol–water partition coefficient (Wildman–Crippen LogP) is 0.685. The minimum Gasteiger partial charge on any atom is -0.381 e. The van der Waals surface area contributed by atoms with Gasteiger partial charge in [0.15, 0.2) is 6.10 Å². The lowest BCUT2D eigenvalue weighted by molar-refractivity contribution is -0.146. The van der Waals surface area contributed by atoms with Crippen LogP contribution in [0, 0.1) is 0 Å². The van der Waals surface area contributed by atoms with Crippen LogP contribution in [0.2, 0.25) is 0 Å². The van der Waals surface area contributed by atoms with Gasteiger partial charge < -0.3 is 20.5 Å². The molecule has 1 fully saturated rings. The molecule has 1 aromatic carbocycles. The molecule has 1 aromatic rings. The fraction of sp³-hybridized carbons (Fsp3) is 0.533. The minimum absolute atomic E-state index is 0.0698. The van der Waals surface area contributed by atoms with Crippen molar-refractivity contribution in [1.82, 2.24) is 4.90 Å². The molecular formula is C15H22N2O3. The molecular weight excluding hydrogens is 256 g/mol. The van der Waals surface area contributed by atoms with Crippen LogP contribution in [0.5, 0.6) is 0 Å². The van der Waals surface area contributed by atoms with E-state index in [2.05, 4.69) is 0 Å². The van der Waals surface area contributed by atoms with Gasteiger partial charge in [0.05, 0.1) is 6.10 Å². The van der Waals surface area contributed by atoms with Crippen LogP contribution in [0.25, 0.3) is 0 Å². The van der Waals surface area contributed by atoms with Gasteiger partial charge in [-0.15, -0.1) is 0 Å². The van der Waals surface area contributed by atoms with Crippen molar-refractivity contribution < 1.29 is 14.6 Å². The maximum atomic E-state index is 12.4. The first-order valence-electron chi connectivity index (χ1n) is 6.93. The molecule has 1 aliphatic heterocycles. The fourth-order valence-corrected chi connectivity index (χ4v) is 2.68. The first-order valence-corrected chi connectivity index (χ1v) is 6.93. The molecule has 2 rings (SSSR count). The molecule has 0 radical (unpaired) electrons. The molecule has 0 spiro atoms. The second-order valence-electron chi connectivity index (χ2n) is 5.12. The number of nitrogens with two attached hydrogens (primary N) is 1. The number of nitrogens with zero attached hydrogens (tertiary/aromatic N) is 1. The molecule has 1 heterocycles. The number of carbonyl (C=O) groups is 1. The molecule has 1 aliphatic rings. The van der Waals surface area contributed by atoms with E-state index in [1.165, 1.54) is 0 Å². The van der Waals surface area contributed by atoms with Crippen LogP contribution in [0.3, 0.4) is 0 Å². The maximum absolute atomic E-state index is 12.4. The Balaban J connectivity index is 2.08. The number of hydrogen-bond acceptors (Lipinski definition) is 4. The number of aliphatic hydroxyl groups is 1. The third-order valence-corrected chi connectivity index (χ3v) is 3.91. The predicted molar refractivity (Wildman–Crippen MR) is 76.0 cm³/mol. The van der Waals surface area contributed by atoms with E-state index in [-0.39, 0.29) is 18.1 Å². The second kappa shape index (κ2) is 6.83. The topological polar surface area (TPSA) is 75.8 Å². The minimum atomic E-state index is -1.12. The zero-order chi connectivity index (χ0) is 14.5. The molecule has 0 saturated carbocycles. The molecule has 0 aliphatic carbocycles. The largest absolute Gasteiger partial charge is 0.381 e. The molecule has 3 unspecified atom stereocenters. The highest BCUT2D eigenvalue weighted by molar-refractivity contribution is 5.82. The lowest BCUT2D eigenvalue weighted by atomic mass is 9.97. The van der Waals surface area contributed by atoms with Crippen LogP contribution >= 0.6 is 0 Å². The van der Waals surface area contributed by atoms with Gasteiger partial charge in [0, 0.05) is 26.2 Å². The van der Waals surface area contributed by atoms with Crippen molar-refractivity contribution >= 4 is 5.91 Å². The normalized spacial score (nSPS) is 24.4. The summed E-state index contributed by atoms with van der Waals surface area (Å²) in [6, 6.07) is 8.91. The van der Waals surface area contributed by atoms with E-state index in [9.17, 15) is 9.90 Å². The van der Waals surface area contributed by atoms with Crippen LogP contribution in [-0.2, 0) is 9.53 Å². The molecule has 3 atom stereocenters. The number of methoxy groups -OCH3 is 1. The van der Waals surface area contributed by atoms with Gasteiger partial charge >= 0.3 is 0 Å². The quantitative estimate of drug-likeness (QED) is 0.849. The van der Waals surface area contributed by atoms with E-state index >= 15 is 0 Å². The Kier molecular flexibility index (Phi) is 5.11. The monoisotopic (exact) mass is 278 g/mol. The molecule has 0 aromatic heterocycles. The van der Waals surface area contributed by atoms with Crippen molar-refractivity contribution in [2.75, 3.05) is 20.2 Å². The van der Waals surface area contributed by atoms with Gasteiger partial charge in [-0.1, -0.05) is 30.3 Å². The smallest absolute Gasteiger partial charge is 0.256 e. The van der Waals surface area contributed by atoms with Crippen molar-refractivity contribution in [3.05, 3.63) is 35.9 Å².